The Morgan fingerprint density at radius 3 is 2.48 bits per heavy atom. The van der Waals surface area contributed by atoms with E-state index in [2.05, 4.69) is 54.0 Å². The van der Waals surface area contributed by atoms with Gasteiger partial charge in [0.15, 0.2) is 0 Å². The predicted octanol–water partition coefficient (Wildman–Crippen LogP) is 4.43. The summed E-state index contributed by atoms with van der Waals surface area (Å²) in [4.78, 5) is 13.6. The molecule has 0 radical (unpaired) electrons. The van der Waals surface area contributed by atoms with Gasteiger partial charge in [0.25, 0.3) is 0 Å². The number of amides is 1. The van der Waals surface area contributed by atoms with Gasteiger partial charge in [0.05, 0.1) is 18.7 Å². The monoisotopic (exact) mass is 383 g/mol. The first-order chi connectivity index (χ1) is 12.9. The third-order valence-electron chi connectivity index (χ3n) is 4.93. The van der Waals surface area contributed by atoms with Crippen molar-refractivity contribution in [3.63, 3.8) is 0 Å². The zero-order valence-corrected chi connectivity index (χ0v) is 17.4. The summed E-state index contributed by atoms with van der Waals surface area (Å²) in [6.45, 7) is 7.96. The number of aryl methyl sites for hydroxylation is 1. The zero-order valence-electron chi connectivity index (χ0n) is 16.6. The van der Waals surface area contributed by atoms with Gasteiger partial charge in [-0.05, 0) is 41.8 Å². The van der Waals surface area contributed by atoms with Crippen LogP contribution in [0.1, 0.15) is 56.2 Å². The van der Waals surface area contributed by atoms with Gasteiger partial charge in [-0.1, -0.05) is 57.5 Å². The highest BCUT2D eigenvalue weighted by Gasteiger charge is 2.30. The molecule has 4 nitrogen and oxygen atoms in total. The lowest BCUT2D eigenvalue weighted by atomic mass is 9.90. The average Bonchev–Trinajstić information content (AvgIpc) is 3.17. The SMILES string of the molecule is CCCc1ccc([C@H](NCC(=O)N[C@](C)(C#N)C(C)C)c2cccs2)cc1. The summed E-state index contributed by atoms with van der Waals surface area (Å²) >= 11 is 1.67. The van der Waals surface area contributed by atoms with E-state index in [1.807, 2.05) is 25.3 Å². The Morgan fingerprint density at radius 2 is 1.96 bits per heavy atom. The maximum Gasteiger partial charge on any atom is 0.235 e. The Kier molecular flexibility index (Phi) is 7.58. The van der Waals surface area contributed by atoms with Crippen molar-refractivity contribution in [1.29, 1.82) is 5.26 Å². The van der Waals surface area contributed by atoms with Crippen LogP contribution in [-0.2, 0) is 11.2 Å². The van der Waals surface area contributed by atoms with Crippen molar-refractivity contribution in [2.75, 3.05) is 6.54 Å². The largest absolute Gasteiger partial charge is 0.337 e. The second-order valence-corrected chi connectivity index (χ2v) is 8.32. The van der Waals surface area contributed by atoms with E-state index in [1.54, 1.807) is 18.3 Å². The van der Waals surface area contributed by atoms with Gasteiger partial charge in [-0.3, -0.25) is 10.1 Å². The van der Waals surface area contributed by atoms with Gasteiger partial charge in [-0.25, -0.2) is 0 Å². The summed E-state index contributed by atoms with van der Waals surface area (Å²) in [7, 11) is 0. The summed E-state index contributed by atoms with van der Waals surface area (Å²) < 4.78 is 0. The van der Waals surface area contributed by atoms with E-state index in [0.717, 1.165) is 23.3 Å². The van der Waals surface area contributed by atoms with E-state index >= 15 is 0 Å². The third kappa shape index (κ3) is 5.66. The minimum atomic E-state index is -0.862. The molecule has 0 aliphatic heterocycles. The molecule has 0 spiro atoms. The highest BCUT2D eigenvalue weighted by molar-refractivity contribution is 7.10. The van der Waals surface area contributed by atoms with Crippen molar-refractivity contribution in [3.8, 4) is 6.07 Å². The Bertz CT molecular complexity index is 762. The summed E-state index contributed by atoms with van der Waals surface area (Å²) in [5.74, 6) is -0.137. The van der Waals surface area contributed by atoms with Crippen LogP contribution in [0.15, 0.2) is 41.8 Å². The molecular weight excluding hydrogens is 354 g/mol. The van der Waals surface area contributed by atoms with Gasteiger partial charge in [0, 0.05) is 4.88 Å². The van der Waals surface area contributed by atoms with Crippen molar-refractivity contribution in [2.45, 2.75) is 52.1 Å². The minimum absolute atomic E-state index is 0.0330. The number of nitrogens with zero attached hydrogens (tertiary/aromatic N) is 1. The maximum absolute atomic E-state index is 12.4. The molecule has 0 aliphatic rings. The number of rotatable bonds is 9. The van der Waals surface area contributed by atoms with Crippen molar-refractivity contribution < 1.29 is 4.79 Å². The number of hydrogen-bond acceptors (Lipinski definition) is 4. The molecule has 27 heavy (non-hydrogen) atoms. The Balaban J connectivity index is 2.10. The summed E-state index contributed by atoms with van der Waals surface area (Å²) in [5.41, 5.74) is 1.60. The van der Waals surface area contributed by atoms with E-state index in [1.165, 1.54) is 5.56 Å². The second kappa shape index (κ2) is 9.68. The lowest BCUT2D eigenvalue weighted by Gasteiger charge is -2.28. The van der Waals surface area contributed by atoms with Gasteiger partial charge in [-0.2, -0.15) is 5.26 Å². The smallest absolute Gasteiger partial charge is 0.235 e. The number of carbonyl (C=O) groups excluding carboxylic acids is 1. The fourth-order valence-corrected chi connectivity index (χ4v) is 3.66. The molecule has 0 bridgehead atoms. The first-order valence-electron chi connectivity index (χ1n) is 9.47. The molecule has 1 aromatic heterocycles. The molecule has 1 amide bonds. The lowest BCUT2D eigenvalue weighted by molar-refractivity contribution is -0.121. The number of hydrogen-bond donors (Lipinski definition) is 2. The average molecular weight is 384 g/mol. The number of carbonyl (C=O) groups is 1. The van der Waals surface area contributed by atoms with Gasteiger partial charge in [0.1, 0.15) is 5.54 Å². The topological polar surface area (TPSA) is 64.9 Å². The molecule has 144 valence electrons. The molecule has 2 atom stereocenters. The Morgan fingerprint density at radius 1 is 1.26 bits per heavy atom. The van der Waals surface area contributed by atoms with E-state index in [9.17, 15) is 10.1 Å². The van der Waals surface area contributed by atoms with Crippen LogP contribution in [0.3, 0.4) is 0 Å². The summed E-state index contributed by atoms with van der Waals surface area (Å²) in [5, 5.41) is 17.7. The molecule has 2 N–H and O–H groups in total. The van der Waals surface area contributed by atoms with Crippen molar-refractivity contribution >= 4 is 17.2 Å². The molecular formula is C22H29N3OS. The quantitative estimate of drug-likeness (QED) is 0.673. The minimum Gasteiger partial charge on any atom is -0.337 e. The highest BCUT2D eigenvalue weighted by atomic mass is 32.1. The number of benzene rings is 1. The summed E-state index contributed by atoms with van der Waals surface area (Å²) in [6, 6.07) is 14.9. The fourth-order valence-electron chi connectivity index (χ4n) is 2.83. The molecule has 1 heterocycles. The van der Waals surface area contributed by atoms with Crippen LogP contribution in [0.5, 0.6) is 0 Å². The molecule has 5 heteroatoms. The van der Waals surface area contributed by atoms with Crippen LogP contribution < -0.4 is 10.6 Å². The molecule has 2 aromatic rings. The molecule has 0 aliphatic carbocycles. The third-order valence-corrected chi connectivity index (χ3v) is 5.87. The summed E-state index contributed by atoms with van der Waals surface area (Å²) in [6.07, 6.45) is 2.20. The lowest BCUT2D eigenvalue weighted by Crippen LogP contribution is -2.51. The maximum atomic E-state index is 12.4. The molecule has 0 fully saturated rings. The highest BCUT2D eigenvalue weighted by Crippen LogP contribution is 2.26. The van der Waals surface area contributed by atoms with Crippen molar-refractivity contribution in [2.24, 2.45) is 5.92 Å². The fraction of sp³-hybridized carbons (Fsp3) is 0.455. The van der Waals surface area contributed by atoms with Crippen LogP contribution in [0.2, 0.25) is 0 Å². The molecule has 0 saturated heterocycles. The first kappa shape index (κ1) is 21.1. The second-order valence-electron chi connectivity index (χ2n) is 7.34. The van der Waals surface area contributed by atoms with Crippen LogP contribution in [-0.4, -0.2) is 18.0 Å². The molecule has 0 unspecified atom stereocenters. The number of nitriles is 1. The van der Waals surface area contributed by atoms with E-state index in [4.69, 9.17) is 0 Å². The van der Waals surface area contributed by atoms with Gasteiger partial charge in [0.2, 0.25) is 5.91 Å². The van der Waals surface area contributed by atoms with E-state index < -0.39 is 5.54 Å². The predicted molar refractivity (Wildman–Crippen MR) is 112 cm³/mol. The number of thiophene rings is 1. The normalized spacial score (nSPS) is 14.4. The standard InChI is InChI=1S/C22H29N3OS/c1-5-7-17-9-11-18(12-10-17)21(19-8-6-13-27-19)24-14-20(26)25-22(4,15-23)16(2)3/h6,8-13,16,21,24H,5,7,14H2,1-4H3,(H,25,26)/t21-,22+/m0/s1. The Hall–Kier alpha value is -2.16. The van der Waals surface area contributed by atoms with Crippen LogP contribution >= 0.6 is 11.3 Å². The van der Waals surface area contributed by atoms with E-state index in [0.29, 0.717) is 0 Å². The molecule has 2 rings (SSSR count). The van der Waals surface area contributed by atoms with Gasteiger partial charge in [-0.15, -0.1) is 11.3 Å². The van der Waals surface area contributed by atoms with Gasteiger partial charge < -0.3 is 5.32 Å². The number of nitrogens with one attached hydrogen (secondary N) is 2. The van der Waals surface area contributed by atoms with Crippen molar-refractivity contribution in [3.05, 3.63) is 57.8 Å². The molecule has 0 saturated carbocycles. The van der Waals surface area contributed by atoms with Crippen molar-refractivity contribution in [1.82, 2.24) is 10.6 Å². The first-order valence-corrected chi connectivity index (χ1v) is 10.4. The molecule has 1 aromatic carbocycles. The van der Waals surface area contributed by atoms with Crippen LogP contribution in [0.4, 0.5) is 0 Å². The Labute approximate surface area is 166 Å². The van der Waals surface area contributed by atoms with E-state index in [-0.39, 0.29) is 24.4 Å². The zero-order chi connectivity index (χ0) is 19.9. The van der Waals surface area contributed by atoms with Crippen LogP contribution in [0.25, 0.3) is 0 Å². The van der Waals surface area contributed by atoms with Gasteiger partial charge >= 0.3 is 0 Å². The van der Waals surface area contributed by atoms with Crippen LogP contribution in [0, 0.1) is 17.2 Å².